The summed E-state index contributed by atoms with van der Waals surface area (Å²) in [7, 11) is 0. The maximum absolute atomic E-state index is 9.47. The topological polar surface area (TPSA) is 46.2 Å². The normalized spacial score (nSPS) is 14.1. The Balaban J connectivity index is 3.01. The summed E-state index contributed by atoms with van der Waals surface area (Å²) in [6.07, 6.45) is -0.720. The Morgan fingerprint density at radius 2 is 2.00 bits per heavy atom. The lowest BCUT2D eigenvalue weighted by Crippen LogP contribution is -2.12. The number of hydrogen-bond acceptors (Lipinski definition) is 2. The molecule has 14 heavy (non-hydrogen) atoms. The van der Waals surface area contributed by atoms with Crippen LogP contribution in [0, 0.1) is 0 Å². The number of rotatable bonds is 2. The van der Waals surface area contributed by atoms with E-state index < -0.39 is 9.90 Å². The monoisotopic (exact) mass is 253 g/mol. The quantitative estimate of drug-likeness (QED) is 0.797. The first-order valence-corrected chi connectivity index (χ1v) is 5.14. The fraction of sp³-hybridized carbons (Fsp3) is 0.333. The predicted molar refractivity (Wildman–Crippen MR) is 59.7 cm³/mol. The Labute approximate surface area is 97.6 Å². The van der Waals surface area contributed by atoms with Gasteiger partial charge in [-0.3, -0.25) is 0 Å². The molecule has 3 N–H and O–H groups in total. The highest BCUT2D eigenvalue weighted by Gasteiger charge is 2.23. The van der Waals surface area contributed by atoms with Gasteiger partial charge in [0.05, 0.1) is 6.10 Å². The van der Waals surface area contributed by atoms with Crippen molar-refractivity contribution in [1.82, 2.24) is 0 Å². The second-order valence-corrected chi connectivity index (χ2v) is 5.16. The summed E-state index contributed by atoms with van der Waals surface area (Å²) in [5.74, 6) is 0. The molecule has 0 bridgehead atoms. The minimum absolute atomic E-state index is 0.142. The highest BCUT2D eigenvalue weighted by Crippen LogP contribution is 2.38. The number of halogens is 3. The van der Waals surface area contributed by atoms with E-state index >= 15 is 0 Å². The van der Waals surface area contributed by atoms with E-state index in [1.807, 2.05) is 0 Å². The summed E-state index contributed by atoms with van der Waals surface area (Å²) >= 11 is 17.1. The number of aliphatic hydroxyl groups is 1. The molecule has 0 spiro atoms. The highest BCUT2D eigenvalue weighted by atomic mass is 35.6. The van der Waals surface area contributed by atoms with Crippen molar-refractivity contribution in [2.24, 2.45) is 5.73 Å². The molecular formula is C9H10Cl3NO. The summed E-state index contributed by atoms with van der Waals surface area (Å²) in [5.41, 5.74) is 6.48. The van der Waals surface area contributed by atoms with Crippen LogP contribution in [0.25, 0.3) is 0 Å². The van der Waals surface area contributed by atoms with Crippen LogP contribution in [0.1, 0.15) is 17.2 Å². The molecule has 0 unspecified atom stereocenters. The fourth-order valence-electron chi connectivity index (χ4n) is 1.06. The highest BCUT2D eigenvalue weighted by molar-refractivity contribution is 6.66. The van der Waals surface area contributed by atoms with E-state index in [1.165, 1.54) is 0 Å². The minimum Gasteiger partial charge on any atom is -0.387 e. The number of hydrogen-bond donors (Lipinski definition) is 2. The smallest absolute Gasteiger partial charge is 0.216 e. The van der Waals surface area contributed by atoms with Crippen molar-refractivity contribution in [3.63, 3.8) is 0 Å². The van der Waals surface area contributed by atoms with Gasteiger partial charge in [0.15, 0.2) is 0 Å². The largest absolute Gasteiger partial charge is 0.387 e. The number of nitrogens with two attached hydrogens (primary N) is 1. The van der Waals surface area contributed by atoms with Crippen LogP contribution in [0.3, 0.4) is 0 Å². The molecule has 0 aliphatic heterocycles. The average molecular weight is 255 g/mol. The lowest BCUT2D eigenvalue weighted by Gasteiger charge is -2.14. The molecular weight excluding hydrogens is 244 g/mol. The van der Waals surface area contributed by atoms with Crippen LogP contribution in [0.15, 0.2) is 24.3 Å². The lowest BCUT2D eigenvalue weighted by atomic mass is 10.1. The summed E-state index contributed by atoms with van der Waals surface area (Å²) in [4.78, 5) is 0. The molecule has 0 fully saturated rings. The molecule has 0 aliphatic rings. The van der Waals surface area contributed by atoms with Crippen LogP contribution in [0.4, 0.5) is 0 Å². The number of alkyl halides is 3. The fourth-order valence-corrected chi connectivity index (χ4v) is 1.41. The Kier molecular flexibility index (Phi) is 4.04. The van der Waals surface area contributed by atoms with Crippen molar-refractivity contribution < 1.29 is 5.11 Å². The summed E-state index contributed by atoms with van der Waals surface area (Å²) in [6, 6.07) is 6.76. The van der Waals surface area contributed by atoms with E-state index in [-0.39, 0.29) is 6.54 Å². The van der Waals surface area contributed by atoms with Gasteiger partial charge >= 0.3 is 0 Å². The maximum atomic E-state index is 9.47. The summed E-state index contributed by atoms with van der Waals surface area (Å²) < 4.78 is -1.47. The van der Waals surface area contributed by atoms with Crippen molar-refractivity contribution in [3.8, 4) is 0 Å². The van der Waals surface area contributed by atoms with Crippen LogP contribution in [0.5, 0.6) is 0 Å². The number of benzene rings is 1. The molecule has 0 amide bonds. The van der Waals surface area contributed by atoms with Crippen LogP contribution in [0.2, 0.25) is 0 Å². The second-order valence-electron chi connectivity index (χ2n) is 2.87. The molecule has 0 radical (unpaired) electrons. The van der Waals surface area contributed by atoms with E-state index in [0.717, 1.165) is 0 Å². The Bertz CT molecular complexity index is 311. The molecule has 2 nitrogen and oxygen atoms in total. The van der Waals surface area contributed by atoms with Crippen LogP contribution < -0.4 is 5.73 Å². The second kappa shape index (κ2) is 4.69. The van der Waals surface area contributed by atoms with Crippen molar-refractivity contribution in [3.05, 3.63) is 35.4 Å². The third kappa shape index (κ3) is 3.01. The van der Waals surface area contributed by atoms with Crippen LogP contribution in [-0.4, -0.2) is 11.7 Å². The Morgan fingerprint density at radius 1 is 1.36 bits per heavy atom. The zero-order valence-electron chi connectivity index (χ0n) is 7.25. The standard InChI is InChI=1S/C9H10Cl3NO/c10-9(11,12)7-3-1-2-6(4-7)8(14)5-13/h1-4,8,14H,5,13H2/t8-/m0/s1. The third-order valence-electron chi connectivity index (χ3n) is 1.82. The van der Waals surface area contributed by atoms with E-state index in [0.29, 0.717) is 11.1 Å². The van der Waals surface area contributed by atoms with Gasteiger partial charge in [0.2, 0.25) is 3.79 Å². The summed E-state index contributed by atoms with van der Waals surface area (Å²) in [5, 5.41) is 9.47. The molecule has 1 aromatic carbocycles. The van der Waals surface area contributed by atoms with Gasteiger partial charge in [-0.2, -0.15) is 0 Å². The first kappa shape index (κ1) is 12.1. The predicted octanol–water partition coefficient (Wildman–Crippen LogP) is 2.51. The zero-order chi connectivity index (χ0) is 10.8. The first-order chi connectivity index (χ1) is 6.45. The molecule has 1 aromatic rings. The minimum atomic E-state index is -1.47. The molecule has 0 aromatic heterocycles. The molecule has 78 valence electrons. The van der Waals surface area contributed by atoms with E-state index in [2.05, 4.69) is 0 Å². The molecule has 0 saturated carbocycles. The molecule has 1 atom stereocenters. The van der Waals surface area contributed by atoms with Crippen molar-refractivity contribution in [2.75, 3.05) is 6.54 Å². The van der Waals surface area contributed by atoms with Crippen molar-refractivity contribution >= 4 is 34.8 Å². The van der Waals surface area contributed by atoms with Gasteiger partial charge in [-0.1, -0.05) is 53.0 Å². The third-order valence-corrected chi connectivity index (χ3v) is 2.48. The van der Waals surface area contributed by atoms with E-state index in [4.69, 9.17) is 40.5 Å². The molecule has 1 rings (SSSR count). The number of aliphatic hydroxyl groups excluding tert-OH is 1. The zero-order valence-corrected chi connectivity index (χ0v) is 9.52. The SMILES string of the molecule is NC[C@H](O)c1cccc(C(Cl)(Cl)Cl)c1. The maximum Gasteiger partial charge on any atom is 0.216 e. The molecule has 5 heteroatoms. The van der Waals surface area contributed by atoms with Gasteiger partial charge in [-0.25, -0.2) is 0 Å². The van der Waals surface area contributed by atoms with Crippen molar-refractivity contribution in [1.29, 1.82) is 0 Å². The molecule has 0 heterocycles. The van der Waals surface area contributed by atoms with Crippen LogP contribution >= 0.6 is 34.8 Å². The summed E-state index contributed by atoms with van der Waals surface area (Å²) in [6.45, 7) is 0.142. The van der Waals surface area contributed by atoms with Gasteiger partial charge in [0.25, 0.3) is 0 Å². The molecule has 0 aliphatic carbocycles. The Hall–Kier alpha value is 0.01000. The van der Waals surface area contributed by atoms with Crippen molar-refractivity contribution in [2.45, 2.75) is 9.90 Å². The average Bonchev–Trinajstić information content (AvgIpc) is 2.15. The van der Waals surface area contributed by atoms with Crippen LogP contribution in [-0.2, 0) is 3.79 Å². The van der Waals surface area contributed by atoms with Gasteiger partial charge in [0.1, 0.15) is 0 Å². The van der Waals surface area contributed by atoms with Gasteiger partial charge in [0, 0.05) is 12.1 Å². The first-order valence-electron chi connectivity index (χ1n) is 4.00. The lowest BCUT2D eigenvalue weighted by molar-refractivity contribution is 0.186. The van der Waals surface area contributed by atoms with Gasteiger partial charge in [-0.15, -0.1) is 0 Å². The van der Waals surface area contributed by atoms with E-state index in [1.54, 1.807) is 24.3 Å². The van der Waals surface area contributed by atoms with E-state index in [9.17, 15) is 5.11 Å². The Morgan fingerprint density at radius 3 is 2.50 bits per heavy atom. The van der Waals surface area contributed by atoms with Gasteiger partial charge < -0.3 is 10.8 Å². The molecule has 0 saturated heterocycles. The van der Waals surface area contributed by atoms with Gasteiger partial charge in [-0.05, 0) is 11.6 Å².